The van der Waals surface area contributed by atoms with Crippen molar-refractivity contribution >= 4 is 5.97 Å². The molecule has 4 nitrogen and oxygen atoms in total. The van der Waals surface area contributed by atoms with E-state index in [9.17, 15) is 9.90 Å². The number of carboxylic acids is 1. The first-order chi connectivity index (χ1) is 15.5. The van der Waals surface area contributed by atoms with Gasteiger partial charge in [-0.15, -0.1) is 0 Å². The van der Waals surface area contributed by atoms with Crippen molar-refractivity contribution in [2.45, 2.75) is 64.1 Å². The molecule has 2 fully saturated rings. The Morgan fingerprint density at radius 3 is 2.72 bits per heavy atom. The minimum atomic E-state index is -0.673. The Morgan fingerprint density at radius 2 is 1.97 bits per heavy atom. The minimum absolute atomic E-state index is 0.0896. The minimum Gasteiger partial charge on any atom is -0.489 e. The second-order valence-corrected chi connectivity index (χ2v) is 10.3. The molecule has 0 saturated heterocycles. The molecule has 0 aliphatic heterocycles. The third kappa shape index (κ3) is 3.73. The zero-order valence-electron chi connectivity index (χ0n) is 19.1. The third-order valence-corrected chi connectivity index (χ3v) is 8.72. The van der Waals surface area contributed by atoms with Gasteiger partial charge in [-0.2, -0.15) is 0 Å². The predicted molar refractivity (Wildman–Crippen MR) is 124 cm³/mol. The molecule has 5 rings (SSSR count). The summed E-state index contributed by atoms with van der Waals surface area (Å²) in [6.07, 6.45) is 5.77. The first-order valence-corrected chi connectivity index (χ1v) is 12.0. The van der Waals surface area contributed by atoms with Crippen LogP contribution in [0.2, 0.25) is 0 Å². The summed E-state index contributed by atoms with van der Waals surface area (Å²) in [5.74, 6) is 1.96. The number of hydrogen-bond acceptors (Lipinski definition) is 3. The number of methoxy groups -OCH3 is 1. The second-order valence-electron chi connectivity index (χ2n) is 10.3. The Hall–Kier alpha value is -2.33. The summed E-state index contributed by atoms with van der Waals surface area (Å²) >= 11 is 0. The van der Waals surface area contributed by atoms with Crippen LogP contribution in [-0.2, 0) is 22.6 Å². The normalized spacial score (nSPS) is 33.1. The number of aliphatic carboxylic acids is 1. The van der Waals surface area contributed by atoms with Gasteiger partial charge in [-0.1, -0.05) is 43.3 Å². The Labute approximate surface area is 190 Å². The molecule has 1 N–H and O–H groups in total. The topological polar surface area (TPSA) is 55.8 Å². The van der Waals surface area contributed by atoms with Gasteiger partial charge in [0.05, 0.1) is 6.10 Å². The smallest absolute Gasteiger partial charge is 0.303 e. The number of fused-ring (bicyclic) bond motifs is 5. The van der Waals surface area contributed by atoms with Gasteiger partial charge >= 0.3 is 5.97 Å². The molecule has 0 spiro atoms. The monoisotopic (exact) mass is 434 g/mol. The molecule has 3 aliphatic carbocycles. The molecule has 3 aliphatic rings. The highest BCUT2D eigenvalue weighted by Gasteiger charge is 2.59. The number of carboxylic acid groups (broad SMARTS) is 1. The maximum Gasteiger partial charge on any atom is 0.303 e. The van der Waals surface area contributed by atoms with Crippen molar-refractivity contribution in [3.05, 3.63) is 65.2 Å². The molecule has 0 aromatic heterocycles. The Bertz CT molecular complexity index is 971. The van der Waals surface area contributed by atoms with Gasteiger partial charge in [0, 0.05) is 13.5 Å². The molecule has 4 heteroatoms. The van der Waals surface area contributed by atoms with Crippen LogP contribution in [-0.4, -0.2) is 24.3 Å². The van der Waals surface area contributed by atoms with E-state index in [1.807, 2.05) is 18.2 Å². The lowest BCUT2D eigenvalue weighted by Crippen LogP contribution is -2.46. The van der Waals surface area contributed by atoms with E-state index >= 15 is 0 Å². The van der Waals surface area contributed by atoms with E-state index in [2.05, 4.69) is 37.3 Å². The fourth-order valence-electron chi connectivity index (χ4n) is 7.42. The average Bonchev–Trinajstić information content (AvgIpc) is 3.08. The van der Waals surface area contributed by atoms with Crippen LogP contribution in [0.4, 0.5) is 0 Å². The Kier molecular flexibility index (Phi) is 5.75. The second kappa shape index (κ2) is 8.55. The first-order valence-electron chi connectivity index (χ1n) is 12.0. The lowest BCUT2D eigenvalue weighted by molar-refractivity contribution is -0.139. The SMILES string of the molecule is CO[C@H]1CC(CC(=O)O)C2C3CCc4cc(OCc5ccccc5)ccc4C3CC[C@@]21C. The maximum atomic E-state index is 11.6. The van der Waals surface area contributed by atoms with Crippen molar-refractivity contribution in [3.63, 3.8) is 0 Å². The lowest BCUT2D eigenvalue weighted by atomic mass is 9.54. The number of ether oxygens (including phenoxy) is 2. The van der Waals surface area contributed by atoms with Gasteiger partial charge in [0.1, 0.15) is 12.4 Å². The molecule has 0 amide bonds. The summed E-state index contributed by atoms with van der Waals surface area (Å²) in [5.41, 5.74) is 4.14. The van der Waals surface area contributed by atoms with Crippen molar-refractivity contribution in [1.29, 1.82) is 0 Å². The van der Waals surface area contributed by atoms with E-state index in [0.29, 0.717) is 24.4 Å². The summed E-state index contributed by atoms with van der Waals surface area (Å²) in [5, 5.41) is 9.57. The molecule has 6 atom stereocenters. The molecule has 0 bridgehead atoms. The van der Waals surface area contributed by atoms with E-state index in [1.54, 1.807) is 7.11 Å². The van der Waals surface area contributed by atoms with Crippen molar-refractivity contribution in [2.24, 2.45) is 23.2 Å². The van der Waals surface area contributed by atoms with Crippen molar-refractivity contribution in [3.8, 4) is 5.75 Å². The zero-order chi connectivity index (χ0) is 22.3. The third-order valence-electron chi connectivity index (χ3n) is 8.72. The first kappa shape index (κ1) is 21.5. The molecule has 2 saturated carbocycles. The number of aryl methyl sites for hydroxylation is 1. The van der Waals surface area contributed by atoms with Crippen molar-refractivity contribution in [2.75, 3.05) is 7.11 Å². The van der Waals surface area contributed by atoms with E-state index in [-0.39, 0.29) is 23.9 Å². The van der Waals surface area contributed by atoms with Crippen molar-refractivity contribution < 1.29 is 19.4 Å². The van der Waals surface area contributed by atoms with Crippen LogP contribution in [0.15, 0.2) is 48.5 Å². The largest absolute Gasteiger partial charge is 0.489 e. The fourth-order valence-corrected chi connectivity index (χ4v) is 7.42. The van der Waals surface area contributed by atoms with Crippen LogP contribution in [0, 0.1) is 23.2 Å². The van der Waals surface area contributed by atoms with Gasteiger partial charge in [0.25, 0.3) is 0 Å². The van der Waals surface area contributed by atoms with Gasteiger partial charge in [-0.05, 0) is 90.0 Å². The summed E-state index contributed by atoms with van der Waals surface area (Å²) in [6.45, 7) is 2.95. The highest BCUT2D eigenvalue weighted by molar-refractivity contribution is 5.67. The number of hydrogen-bond donors (Lipinski definition) is 1. The van der Waals surface area contributed by atoms with Gasteiger partial charge in [-0.25, -0.2) is 0 Å². The molecule has 2 aromatic rings. The van der Waals surface area contributed by atoms with Crippen LogP contribution in [0.25, 0.3) is 0 Å². The maximum absolute atomic E-state index is 11.6. The van der Waals surface area contributed by atoms with Gasteiger partial charge in [-0.3, -0.25) is 4.79 Å². The van der Waals surface area contributed by atoms with Crippen LogP contribution in [0.5, 0.6) is 5.75 Å². The number of carbonyl (C=O) groups is 1. The standard InChI is InChI=1S/C28H34O4/c1-28-13-12-23-22-11-9-21(32-17-18-6-4-3-5-7-18)14-19(22)8-10-24(23)27(28)20(16-26(29)30)15-25(28)31-2/h3-7,9,11,14,20,23-25,27H,8,10,12-13,15-17H2,1-2H3,(H,29,30)/t20?,23?,24?,25-,27?,28+/m0/s1. The quantitative estimate of drug-likeness (QED) is 0.621. The predicted octanol–water partition coefficient (Wildman–Crippen LogP) is 5.84. The lowest BCUT2D eigenvalue weighted by Gasteiger charge is -2.51. The van der Waals surface area contributed by atoms with E-state index in [4.69, 9.17) is 9.47 Å². The Morgan fingerprint density at radius 1 is 1.16 bits per heavy atom. The van der Waals surface area contributed by atoms with Crippen molar-refractivity contribution in [1.82, 2.24) is 0 Å². The average molecular weight is 435 g/mol. The van der Waals surface area contributed by atoms with Gasteiger partial charge < -0.3 is 14.6 Å². The highest BCUT2D eigenvalue weighted by atomic mass is 16.5. The van der Waals surface area contributed by atoms with E-state index < -0.39 is 5.97 Å². The molecule has 0 heterocycles. The summed E-state index contributed by atoms with van der Waals surface area (Å²) in [6, 6.07) is 16.9. The van der Waals surface area contributed by atoms with Crippen LogP contribution in [0.3, 0.4) is 0 Å². The molecule has 32 heavy (non-hydrogen) atoms. The number of rotatable bonds is 6. The molecular formula is C28H34O4. The molecular weight excluding hydrogens is 400 g/mol. The summed E-state index contributed by atoms with van der Waals surface area (Å²) in [7, 11) is 1.80. The summed E-state index contributed by atoms with van der Waals surface area (Å²) < 4.78 is 12.0. The van der Waals surface area contributed by atoms with Crippen LogP contribution < -0.4 is 4.74 Å². The molecule has 2 aromatic carbocycles. The van der Waals surface area contributed by atoms with E-state index in [1.165, 1.54) is 16.7 Å². The fraction of sp³-hybridized carbons (Fsp3) is 0.536. The Balaban J connectivity index is 1.37. The van der Waals surface area contributed by atoms with Crippen LogP contribution >= 0.6 is 0 Å². The molecule has 0 radical (unpaired) electrons. The van der Waals surface area contributed by atoms with Gasteiger partial charge in [0.2, 0.25) is 0 Å². The van der Waals surface area contributed by atoms with Crippen LogP contribution in [0.1, 0.15) is 61.6 Å². The summed E-state index contributed by atoms with van der Waals surface area (Å²) in [4.78, 5) is 11.6. The number of benzene rings is 2. The van der Waals surface area contributed by atoms with Gasteiger partial charge in [0.15, 0.2) is 0 Å². The molecule has 4 unspecified atom stereocenters. The zero-order valence-corrected chi connectivity index (χ0v) is 19.1. The van der Waals surface area contributed by atoms with E-state index in [0.717, 1.165) is 37.9 Å². The molecule has 170 valence electrons. The highest BCUT2D eigenvalue weighted by Crippen LogP contribution is 2.64.